The molecule has 1 saturated heterocycles. The van der Waals surface area contributed by atoms with Crippen molar-refractivity contribution < 1.29 is 9.53 Å². The number of benzene rings is 1. The molecule has 0 spiro atoms. The summed E-state index contributed by atoms with van der Waals surface area (Å²) in [6.45, 7) is 5.89. The minimum atomic E-state index is -0.415. The van der Waals surface area contributed by atoms with Crippen molar-refractivity contribution in [2.24, 2.45) is 5.92 Å². The van der Waals surface area contributed by atoms with Gasteiger partial charge in [0.05, 0.1) is 0 Å². The number of nitrogens with zero attached hydrogens (tertiary/aromatic N) is 1. The normalized spacial score (nSPS) is 17.9. The van der Waals surface area contributed by atoms with Gasteiger partial charge in [-0.25, -0.2) is 0 Å². The minimum Gasteiger partial charge on any atom is -0.481 e. The fourth-order valence-corrected chi connectivity index (χ4v) is 2.63. The molecule has 20 heavy (non-hydrogen) atoms. The summed E-state index contributed by atoms with van der Waals surface area (Å²) in [5, 5.41) is 0.622. The number of amides is 1. The Morgan fingerprint density at radius 2 is 2.15 bits per heavy atom. The monoisotopic (exact) mass is 295 g/mol. The van der Waals surface area contributed by atoms with E-state index in [1.165, 1.54) is 0 Å². The summed E-state index contributed by atoms with van der Waals surface area (Å²) >= 11 is 5.94. The molecule has 1 aliphatic heterocycles. The average Bonchev–Trinajstić information content (AvgIpc) is 2.45. The van der Waals surface area contributed by atoms with Crippen LogP contribution in [0.2, 0.25) is 5.02 Å². The highest BCUT2D eigenvalue weighted by molar-refractivity contribution is 6.30. The standard InChI is InChI=1S/C16H22ClNO2/c1-3-15(20-14-6-4-5-13(17)11-14)16(19)18-9-7-12(2)8-10-18/h4-6,11-12,15H,3,7-10H2,1-2H3. The molecule has 1 atom stereocenters. The van der Waals surface area contributed by atoms with Gasteiger partial charge in [-0.05, 0) is 43.4 Å². The number of halogens is 1. The molecule has 1 aliphatic rings. The van der Waals surface area contributed by atoms with Gasteiger partial charge < -0.3 is 9.64 Å². The highest BCUT2D eigenvalue weighted by atomic mass is 35.5. The molecule has 1 fully saturated rings. The van der Waals surface area contributed by atoms with Crippen LogP contribution in [0.1, 0.15) is 33.1 Å². The molecule has 1 aromatic carbocycles. The quantitative estimate of drug-likeness (QED) is 0.846. The Hall–Kier alpha value is -1.22. The molecule has 1 amide bonds. The van der Waals surface area contributed by atoms with Crippen molar-refractivity contribution in [3.63, 3.8) is 0 Å². The second-order valence-corrected chi connectivity index (χ2v) is 5.92. The van der Waals surface area contributed by atoms with Crippen molar-refractivity contribution in [1.82, 2.24) is 4.90 Å². The topological polar surface area (TPSA) is 29.5 Å². The molecule has 3 nitrogen and oxygen atoms in total. The van der Waals surface area contributed by atoms with E-state index in [0.717, 1.165) is 25.9 Å². The fraction of sp³-hybridized carbons (Fsp3) is 0.562. The highest BCUT2D eigenvalue weighted by Gasteiger charge is 2.27. The van der Waals surface area contributed by atoms with Gasteiger partial charge in [0, 0.05) is 18.1 Å². The number of ether oxygens (including phenoxy) is 1. The third-order valence-corrected chi connectivity index (χ3v) is 4.05. The number of carbonyl (C=O) groups is 1. The molecule has 2 rings (SSSR count). The van der Waals surface area contributed by atoms with Crippen molar-refractivity contribution in [3.05, 3.63) is 29.3 Å². The number of hydrogen-bond donors (Lipinski definition) is 0. The molecule has 0 aromatic heterocycles. The highest BCUT2D eigenvalue weighted by Crippen LogP contribution is 2.21. The Morgan fingerprint density at radius 3 is 2.75 bits per heavy atom. The van der Waals surface area contributed by atoms with Crippen LogP contribution < -0.4 is 4.74 Å². The lowest BCUT2D eigenvalue weighted by Crippen LogP contribution is -2.45. The molecule has 110 valence electrons. The van der Waals surface area contributed by atoms with Crippen LogP contribution in [0.15, 0.2) is 24.3 Å². The molecule has 1 heterocycles. The second-order valence-electron chi connectivity index (χ2n) is 5.48. The van der Waals surface area contributed by atoms with Gasteiger partial charge in [0.25, 0.3) is 5.91 Å². The predicted molar refractivity (Wildman–Crippen MR) is 81.1 cm³/mol. The molecule has 1 aromatic rings. The first kappa shape index (κ1) is 15.2. The summed E-state index contributed by atoms with van der Waals surface area (Å²) in [6, 6.07) is 7.20. The third kappa shape index (κ3) is 3.89. The number of piperidine rings is 1. The Bertz CT molecular complexity index is 456. The van der Waals surface area contributed by atoms with E-state index < -0.39 is 6.10 Å². The van der Waals surface area contributed by atoms with Crippen molar-refractivity contribution in [3.8, 4) is 5.75 Å². The number of rotatable bonds is 4. The van der Waals surface area contributed by atoms with E-state index in [2.05, 4.69) is 6.92 Å². The molecular formula is C16H22ClNO2. The van der Waals surface area contributed by atoms with Gasteiger partial charge in [-0.15, -0.1) is 0 Å². The molecule has 0 N–H and O–H groups in total. The Balaban J connectivity index is 1.99. The van der Waals surface area contributed by atoms with Gasteiger partial charge in [-0.1, -0.05) is 31.5 Å². The van der Waals surface area contributed by atoms with Gasteiger partial charge >= 0.3 is 0 Å². The van der Waals surface area contributed by atoms with Crippen molar-refractivity contribution in [2.75, 3.05) is 13.1 Å². The number of carbonyl (C=O) groups excluding carboxylic acids is 1. The first-order chi connectivity index (χ1) is 9.60. The Morgan fingerprint density at radius 1 is 1.45 bits per heavy atom. The lowest BCUT2D eigenvalue weighted by atomic mass is 9.99. The molecule has 0 bridgehead atoms. The smallest absolute Gasteiger partial charge is 0.263 e. The zero-order valence-corrected chi connectivity index (χ0v) is 12.9. The van der Waals surface area contributed by atoms with Crippen molar-refractivity contribution in [2.45, 2.75) is 39.2 Å². The van der Waals surface area contributed by atoms with E-state index in [1.54, 1.807) is 12.1 Å². The number of likely N-dealkylation sites (tertiary alicyclic amines) is 1. The minimum absolute atomic E-state index is 0.0966. The van der Waals surface area contributed by atoms with E-state index in [-0.39, 0.29) is 5.91 Å². The van der Waals surface area contributed by atoms with Gasteiger partial charge in [0.15, 0.2) is 6.10 Å². The molecule has 4 heteroatoms. The first-order valence-corrected chi connectivity index (χ1v) is 7.69. The van der Waals surface area contributed by atoms with E-state index in [0.29, 0.717) is 23.1 Å². The van der Waals surface area contributed by atoms with Crippen LogP contribution in [0.4, 0.5) is 0 Å². The summed E-state index contributed by atoms with van der Waals surface area (Å²) in [5.41, 5.74) is 0. The Kier molecular flexibility index (Phi) is 5.30. The maximum absolute atomic E-state index is 12.5. The van der Waals surface area contributed by atoms with Gasteiger partial charge in [0.2, 0.25) is 0 Å². The van der Waals surface area contributed by atoms with Crippen molar-refractivity contribution in [1.29, 1.82) is 0 Å². The SMILES string of the molecule is CCC(Oc1cccc(Cl)c1)C(=O)N1CCC(C)CC1. The summed E-state index contributed by atoms with van der Waals surface area (Å²) in [5.74, 6) is 1.47. The zero-order valence-electron chi connectivity index (χ0n) is 12.1. The van der Waals surface area contributed by atoms with Crippen LogP contribution in [0.25, 0.3) is 0 Å². The van der Waals surface area contributed by atoms with E-state index in [4.69, 9.17) is 16.3 Å². The van der Waals surface area contributed by atoms with Crippen LogP contribution in [-0.4, -0.2) is 30.0 Å². The summed E-state index contributed by atoms with van der Waals surface area (Å²) < 4.78 is 5.81. The molecular weight excluding hydrogens is 274 g/mol. The first-order valence-electron chi connectivity index (χ1n) is 7.31. The largest absolute Gasteiger partial charge is 0.481 e. The maximum Gasteiger partial charge on any atom is 0.263 e. The predicted octanol–water partition coefficient (Wildman–Crippen LogP) is 3.76. The van der Waals surface area contributed by atoms with Crippen molar-refractivity contribution >= 4 is 17.5 Å². The van der Waals surface area contributed by atoms with E-state index >= 15 is 0 Å². The number of hydrogen-bond acceptors (Lipinski definition) is 2. The van der Waals surface area contributed by atoms with Gasteiger partial charge in [-0.2, -0.15) is 0 Å². The molecule has 0 aliphatic carbocycles. The van der Waals surface area contributed by atoms with Gasteiger partial charge in [-0.3, -0.25) is 4.79 Å². The molecule has 1 unspecified atom stereocenters. The Labute approximate surface area is 125 Å². The summed E-state index contributed by atoms with van der Waals surface area (Å²) in [7, 11) is 0. The zero-order chi connectivity index (χ0) is 14.5. The van der Waals surface area contributed by atoms with Crippen LogP contribution in [0, 0.1) is 5.92 Å². The van der Waals surface area contributed by atoms with Crippen LogP contribution in [0.5, 0.6) is 5.75 Å². The third-order valence-electron chi connectivity index (χ3n) is 3.82. The second kappa shape index (κ2) is 6.98. The van der Waals surface area contributed by atoms with Gasteiger partial charge in [0.1, 0.15) is 5.75 Å². The lowest BCUT2D eigenvalue weighted by Gasteiger charge is -2.32. The van der Waals surface area contributed by atoms with Crippen LogP contribution >= 0.6 is 11.6 Å². The lowest BCUT2D eigenvalue weighted by molar-refractivity contribution is -0.140. The maximum atomic E-state index is 12.5. The van der Waals surface area contributed by atoms with E-state index in [1.807, 2.05) is 24.0 Å². The average molecular weight is 296 g/mol. The fourth-order valence-electron chi connectivity index (χ4n) is 2.45. The van der Waals surface area contributed by atoms with Crippen LogP contribution in [-0.2, 0) is 4.79 Å². The van der Waals surface area contributed by atoms with Crippen LogP contribution in [0.3, 0.4) is 0 Å². The molecule has 0 saturated carbocycles. The summed E-state index contributed by atoms with van der Waals surface area (Å²) in [4.78, 5) is 14.4. The molecule has 0 radical (unpaired) electrons. The van der Waals surface area contributed by atoms with E-state index in [9.17, 15) is 4.79 Å². The summed E-state index contributed by atoms with van der Waals surface area (Å²) in [6.07, 6.45) is 2.41.